The zero-order valence-corrected chi connectivity index (χ0v) is 10.2. The minimum Gasteiger partial charge on any atom is -0.314 e. The zero-order chi connectivity index (χ0) is 10.7. The van der Waals surface area contributed by atoms with Gasteiger partial charge in [0.15, 0.2) is 0 Å². The lowest BCUT2D eigenvalue weighted by atomic mass is 10.0. The van der Waals surface area contributed by atoms with Crippen LogP contribution in [0.1, 0.15) is 24.8 Å². The number of aryl methyl sites for hydroxylation is 1. The Labute approximate surface area is 98.2 Å². The number of hydrogen-bond donors (Lipinski definition) is 1. The molecule has 0 amide bonds. The number of benzene rings is 1. The summed E-state index contributed by atoms with van der Waals surface area (Å²) in [6.45, 7) is 1.12. The molecule has 1 aliphatic rings. The van der Waals surface area contributed by atoms with Gasteiger partial charge in [-0.05, 0) is 49.9 Å². The van der Waals surface area contributed by atoms with Gasteiger partial charge in [-0.25, -0.2) is 4.39 Å². The average Bonchev–Trinajstić information content (AvgIpc) is 2.69. The van der Waals surface area contributed by atoms with Gasteiger partial charge in [-0.3, -0.25) is 0 Å². The molecule has 0 spiro atoms. The van der Waals surface area contributed by atoms with Crippen molar-refractivity contribution in [1.82, 2.24) is 5.32 Å². The Bertz CT molecular complexity index is 334. The van der Waals surface area contributed by atoms with Gasteiger partial charge in [0.2, 0.25) is 0 Å². The summed E-state index contributed by atoms with van der Waals surface area (Å²) in [6.07, 6.45) is 4.36. The molecule has 1 unspecified atom stereocenters. The highest BCUT2D eigenvalue weighted by atomic mass is 79.9. The summed E-state index contributed by atoms with van der Waals surface area (Å²) in [4.78, 5) is 0. The number of rotatable bonds is 3. The molecule has 2 rings (SSSR count). The molecule has 0 bridgehead atoms. The van der Waals surface area contributed by atoms with E-state index in [0.717, 1.165) is 29.4 Å². The largest absolute Gasteiger partial charge is 0.314 e. The predicted octanol–water partition coefficient (Wildman–Crippen LogP) is 3.27. The summed E-state index contributed by atoms with van der Waals surface area (Å²) in [6, 6.07) is 5.90. The van der Waals surface area contributed by atoms with Crippen LogP contribution in [0.2, 0.25) is 0 Å². The molecule has 0 aromatic heterocycles. The van der Waals surface area contributed by atoms with Crippen molar-refractivity contribution in [1.29, 1.82) is 0 Å². The fourth-order valence-electron chi connectivity index (χ4n) is 2.06. The van der Waals surface area contributed by atoms with Crippen LogP contribution in [0.4, 0.5) is 4.39 Å². The summed E-state index contributed by atoms with van der Waals surface area (Å²) in [5, 5.41) is 3.43. The highest BCUT2D eigenvalue weighted by Gasteiger charge is 2.14. The van der Waals surface area contributed by atoms with Crippen molar-refractivity contribution in [3.05, 3.63) is 34.1 Å². The SMILES string of the molecule is Fc1cc(Br)ccc1CCC1CCCN1. The summed E-state index contributed by atoms with van der Waals surface area (Å²) in [7, 11) is 0. The highest BCUT2D eigenvalue weighted by Crippen LogP contribution is 2.18. The van der Waals surface area contributed by atoms with Crippen molar-refractivity contribution >= 4 is 15.9 Å². The molecule has 1 fully saturated rings. The fourth-order valence-corrected chi connectivity index (χ4v) is 2.39. The van der Waals surface area contributed by atoms with E-state index < -0.39 is 0 Å². The molecule has 82 valence electrons. The fraction of sp³-hybridized carbons (Fsp3) is 0.500. The van der Waals surface area contributed by atoms with E-state index in [-0.39, 0.29) is 5.82 Å². The molecule has 3 heteroatoms. The second kappa shape index (κ2) is 5.08. The normalized spacial score (nSPS) is 20.8. The van der Waals surface area contributed by atoms with E-state index >= 15 is 0 Å². The van der Waals surface area contributed by atoms with Crippen molar-refractivity contribution in [3.8, 4) is 0 Å². The Morgan fingerprint density at radius 2 is 2.33 bits per heavy atom. The van der Waals surface area contributed by atoms with Crippen molar-refractivity contribution in [3.63, 3.8) is 0 Å². The molecule has 1 N–H and O–H groups in total. The van der Waals surface area contributed by atoms with E-state index in [1.807, 2.05) is 12.1 Å². The maximum Gasteiger partial charge on any atom is 0.127 e. The van der Waals surface area contributed by atoms with E-state index in [1.165, 1.54) is 18.9 Å². The van der Waals surface area contributed by atoms with Gasteiger partial charge in [-0.2, -0.15) is 0 Å². The third kappa shape index (κ3) is 3.02. The molecule has 0 radical (unpaired) electrons. The van der Waals surface area contributed by atoms with Gasteiger partial charge in [-0.15, -0.1) is 0 Å². The van der Waals surface area contributed by atoms with Crippen LogP contribution in [0.25, 0.3) is 0 Å². The smallest absolute Gasteiger partial charge is 0.127 e. The second-order valence-corrected chi connectivity index (χ2v) is 4.98. The number of nitrogens with one attached hydrogen (secondary N) is 1. The third-order valence-corrected chi connectivity index (χ3v) is 3.43. The lowest BCUT2D eigenvalue weighted by Crippen LogP contribution is -2.21. The number of hydrogen-bond acceptors (Lipinski definition) is 1. The summed E-state index contributed by atoms with van der Waals surface area (Å²) >= 11 is 3.26. The van der Waals surface area contributed by atoms with Crippen molar-refractivity contribution in [2.24, 2.45) is 0 Å². The lowest BCUT2D eigenvalue weighted by Gasteiger charge is -2.10. The molecular weight excluding hydrogens is 257 g/mol. The van der Waals surface area contributed by atoms with Crippen LogP contribution >= 0.6 is 15.9 Å². The van der Waals surface area contributed by atoms with Gasteiger partial charge >= 0.3 is 0 Å². The minimum atomic E-state index is -0.0950. The van der Waals surface area contributed by atoms with Crippen LogP contribution in [-0.4, -0.2) is 12.6 Å². The van der Waals surface area contributed by atoms with E-state index in [9.17, 15) is 4.39 Å². The Kier molecular flexibility index (Phi) is 3.76. The van der Waals surface area contributed by atoms with Gasteiger partial charge in [0.05, 0.1) is 0 Å². The lowest BCUT2D eigenvalue weighted by molar-refractivity contribution is 0.542. The maximum absolute atomic E-state index is 13.5. The maximum atomic E-state index is 13.5. The molecule has 0 aliphatic carbocycles. The molecule has 1 aliphatic heterocycles. The van der Waals surface area contributed by atoms with Crippen molar-refractivity contribution < 1.29 is 4.39 Å². The molecule has 1 saturated heterocycles. The molecule has 1 aromatic carbocycles. The summed E-state index contributed by atoms with van der Waals surface area (Å²) in [5.74, 6) is -0.0950. The van der Waals surface area contributed by atoms with Gasteiger partial charge in [0.1, 0.15) is 5.82 Å². The quantitative estimate of drug-likeness (QED) is 0.890. The first-order valence-corrected chi connectivity index (χ1v) is 6.22. The molecule has 1 nitrogen and oxygen atoms in total. The van der Waals surface area contributed by atoms with Gasteiger partial charge < -0.3 is 5.32 Å². The monoisotopic (exact) mass is 271 g/mol. The topological polar surface area (TPSA) is 12.0 Å². The van der Waals surface area contributed by atoms with Crippen LogP contribution < -0.4 is 5.32 Å². The summed E-state index contributed by atoms with van der Waals surface area (Å²) in [5.41, 5.74) is 0.826. The molecule has 0 saturated carbocycles. The van der Waals surface area contributed by atoms with Gasteiger partial charge in [0, 0.05) is 10.5 Å². The summed E-state index contributed by atoms with van der Waals surface area (Å²) < 4.78 is 14.3. The first kappa shape index (κ1) is 11.1. The molecule has 1 heterocycles. The standard InChI is InChI=1S/C12H15BrFN/c13-10-5-3-9(12(14)8-10)4-6-11-2-1-7-15-11/h3,5,8,11,15H,1-2,4,6-7H2. The van der Waals surface area contributed by atoms with Crippen LogP contribution in [0.15, 0.2) is 22.7 Å². The van der Waals surface area contributed by atoms with E-state index in [2.05, 4.69) is 21.2 Å². The molecular formula is C12H15BrFN. The third-order valence-electron chi connectivity index (χ3n) is 2.94. The van der Waals surface area contributed by atoms with E-state index in [0.29, 0.717) is 6.04 Å². The highest BCUT2D eigenvalue weighted by molar-refractivity contribution is 9.10. The van der Waals surface area contributed by atoms with E-state index in [1.54, 1.807) is 0 Å². The Morgan fingerprint density at radius 3 is 3.00 bits per heavy atom. The van der Waals surface area contributed by atoms with Crippen LogP contribution in [-0.2, 0) is 6.42 Å². The van der Waals surface area contributed by atoms with Crippen LogP contribution in [0.3, 0.4) is 0 Å². The Hall–Kier alpha value is -0.410. The van der Waals surface area contributed by atoms with Gasteiger partial charge in [0.25, 0.3) is 0 Å². The Balaban J connectivity index is 1.92. The molecule has 1 atom stereocenters. The first-order valence-electron chi connectivity index (χ1n) is 5.43. The van der Waals surface area contributed by atoms with Crippen molar-refractivity contribution in [2.75, 3.05) is 6.54 Å². The van der Waals surface area contributed by atoms with Crippen LogP contribution in [0.5, 0.6) is 0 Å². The average molecular weight is 272 g/mol. The van der Waals surface area contributed by atoms with Crippen LogP contribution in [0, 0.1) is 5.82 Å². The van der Waals surface area contributed by atoms with E-state index in [4.69, 9.17) is 0 Å². The Morgan fingerprint density at radius 1 is 1.47 bits per heavy atom. The first-order chi connectivity index (χ1) is 7.25. The van der Waals surface area contributed by atoms with Crippen molar-refractivity contribution in [2.45, 2.75) is 31.7 Å². The minimum absolute atomic E-state index is 0.0950. The second-order valence-electron chi connectivity index (χ2n) is 4.07. The number of halogens is 2. The molecule has 15 heavy (non-hydrogen) atoms. The molecule has 1 aromatic rings. The zero-order valence-electron chi connectivity index (χ0n) is 8.60. The predicted molar refractivity (Wildman–Crippen MR) is 63.4 cm³/mol. The van der Waals surface area contributed by atoms with Gasteiger partial charge in [-0.1, -0.05) is 22.0 Å².